The molecule has 0 amide bonds. The molecular weight excluding hydrogens is 244 g/mol. The highest BCUT2D eigenvalue weighted by Gasteiger charge is 2.33. The summed E-state index contributed by atoms with van der Waals surface area (Å²) >= 11 is 0. The van der Waals surface area contributed by atoms with E-state index in [2.05, 4.69) is 15.0 Å². The minimum absolute atomic E-state index is 0.105. The Hall–Kier alpha value is -1.66. The molecule has 19 heavy (non-hydrogen) atoms. The summed E-state index contributed by atoms with van der Waals surface area (Å²) in [7, 11) is 0. The fourth-order valence-corrected chi connectivity index (χ4v) is 2.78. The van der Waals surface area contributed by atoms with Gasteiger partial charge in [0.1, 0.15) is 5.82 Å². The Morgan fingerprint density at radius 3 is 2.58 bits per heavy atom. The molecule has 102 valence electrons. The van der Waals surface area contributed by atoms with Crippen molar-refractivity contribution in [2.24, 2.45) is 11.8 Å². The van der Waals surface area contributed by atoms with Crippen molar-refractivity contribution in [3.05, 3.63) is 24.0 Å². The molecule has 6 nitrogen and oxygen atoms in total. The van der Waals surface area contributed by atoms with E-state index in [9.17, 15) is 10.2 Å². The Balaban J connectivity index is 1.99. The van der Waals surface area contributed by atoms with Gasteiger partial charge in [-0.1, -0.05) is 0 Å². The van der Waals surface area contributed by atoms with Crippen LogP contribution in [0, 0.1) is 18.8 Å². The molecule has 6 heteroatoms. The van der Waals surface area contributed by atoms with Crippen molar-refractivity contribution in [3.8, 4) is 0 Å². The van der Waals surface area contributed by atoms with Crippen LogP contribution in [-0.4, -0.2) is 51.1 Å². The van der Waals surface area contributed by atoms with Crippen molar-refractivity contribution >= 4 is 11.5 Å². The lowest BCUT2D eigenvalue weighted by molar-refractivity contribution is 0.152. The molecule has 2 atom stereocenters. The summed E-state index contributed by atoms with van der Waals surface area (Å²) < 4.78 is 1.81. The van der Waals surface area contributed by atoms with Gasteiger partial charge in [-0.2, -0.15) is 9.61 Å². The molecule has 2 unspecified atom stereocenters. The molecule has 0 spiro atoms. The van der Waals surface area contributed by atoms with Crippen molar-refractivity contribution in [2.75, 3.05) is 31.2 Å². The Labute approximate surface area is 111 Å². The topological polar surface area (TPSA) is 73.9 Å². The van der Waals surface area contributed by atoms with Gasteiger partial charge in [0.25, 0.3) is 0 Å². The van der Waals surface area contributed by atoms with Crippen LogP contribution in [0.5, 0.6) is 0 Å². The highest BCUT2D eigenvalue weighted by atomic mass is 16.3. The van der Waals surface area contributed by atoms with Crippen LogP contribution in [0.1, 0.15) is 5.69 Å². The molecular formula is C13H18N4O2. The number of anilines is 1. The predicted octanol–water partition coefficient (Wildman–Crippen LogP) is 0.0747. The maximum absolute atomic E-state index is 9.39. The zero-order valence-corrected chi connectivity index (χ0v) is 10.9. The molecule has 0 aliphatic carbocycles. The van der Waals surface area contributed by atoms with Crippen LogP contribution >= 0.6 is 0 Å². The third-order valence-corrected chi connectivity index (χ3v) is 3.84. The summed E-state index contributed by atoms with van der Waals surface area (Å²) in [6.45, 7) is 3.64. The van der Waals surface area contributed by atoms with Gasteiger partial charge < -0.3 is 15.1 Å². The molecule has 3 rings (SSSR count). The zero-order valence-electron chi connectivity index (χ0n) is 10.9. The van der Waals surface area contributed by atoms with Gasteiger partial charge in [-0.05, 0) is 6.92 Å². The molecule has 1 fully saturated rings. The Morgan fingerprint density at radius 2 is 1.95 bits per heavy atom. The Bertz CT molecular complexity index is 571. The minimum Gasteiger partial charge on any atom is -0.396 e. The molecule has 0 saturated carbocycles. The SMILES string of the molecule is Cc1cc(N2CC(CO)C(CO)C2)n2nccc2n1. The maximum atomic E-state index is 9.39. The summed E-state index contributed by atoms with van der Waals surface area (Å²) in [5, 5.41) is 23.1. The number of fused-ring (bicyclic) bond motifs is 1. The van der Waals surface area contributed by atoms with Crippen molar-refractivity contribution in [1.82, 2.24) is 14.6 Å². The molecule has 2 aromatic heterocycles. The van der Waals surface area contributed by atoms with E-state index >= 15 is 0 Å². The number of hydrogen-bond donors (Lipinski definition) is 2. The van der Waals surface area contributed by atoms with Gasteiger partial charge in [-0.15, -0.1) is 0 Å². The van der Waals surface area contributed by atoms with Crippen molar-refractivity contribution in [3.63, 3.8) is 0 Å². The standard InChI is InChI=1S/C13H18N4O2/c1-9-4-13(17-12(15-9)2-3-14-17)16-5-10(7-18)11(6-16)8-19/h2-4,10-11,18-19H,5-8H2,1H3. The first-order chi connectivity index (χ1) is 9.22. The van der Waals surface area contributed by atoms with Crippen LogP contribution in [0.15, 0.2) is 18.3 Å². The van der Waals surface area contributed by atoms with Crippen LogP contribution in [0.3, 0.4) is 0 Å². The number of hydrogen-bond acceptors (Lipinski definition) is 5. The molecule has 0 bridgehead atoms. The molecule has 3 heterocycles. The van der Waals surface area contributed by atoms with E-state index in [1.807, 2.05) is 19.1 Å². The van der Waals surface area contributed by atoms with Gasteiger partial charge in [0.05, 0.1) is 6.20 Å². The van der Waals surface area contributed by atoms with E-state index in [0.29, 0.717) is 0 Å². The van der Waals surface area contributed by atoms with Crippen LogP contribution < -0.4 is 4.90 Å². The van der Waals surface area contributed by atoms with Crippen molar-refractivity contribution < 1.29 is 10.2 Å². The molecule has 1 aliphatic heterocycles. The van der Waals surface area contributed by atoms with Crippen molar-refractivity contribution in [1.29, 1.82) is 0 Å². The van der Waals surface area contributed by atoms with E-state index in [0.717, 1.165) is 30.2 Å². The largest absolute Gasteiger partial charge is 0.396 e. The van der Waals surface area contributed by atoms with Crippen LogP contribution in [0.2, 0.25) is 0 Å². The Morgan fingerprint density at radius 1 is 1.26 bits per heavy atom. The zero-order chi connectivity index (χ0) is 13.4. The van der Waals surface area contributed by atoms with E-state index in [1.165, 1.54) is 0 Å². The van der Waals surface area contributed by atoms with E-state index in [1.54, 1.807) is 10.7 Å². The number of aromatic nitrogens is 3. The fourth-order valence-electron chi connectivity index (χ4n) is 2.78. The lowest BCUT2D eigenvalue weighted by Gasteiger charge is -2.19. The summed E-state index contributed by atoms with van der Waals surface area (Å²) in [4.78, 5) is 6.58. The average molecular weight is 262 g/mol. The quantitative estimate of drug-likeness (QED) is 0.819. The predicted molar refractivity (Wildman–Crippen MR) is 71.1 cm³/mol. The van der Waals surface area contributed by atoms with Crippen LogP contribution in [0.4, 0.5) is 5.82 Å². The Kier molecular flexibility index (Phi) is 3.12. The van der Waals surface area contributed by atoms with E-state index in [-0.39, 0.29) is 25.0 Å². The fraction of sp³-hybridized carbons (Fsp3) is 0.538. The smallest absolute Gasteiger partial charge is 0.157 e. The lowest BCUT2D eigenvalue weighted by Crippen LogP contribution is -2.24. The summed E-state index contributed by atoms with van der Waals surface area (Å²) in [5.74, 6) is 1.20. The second kappa shape index (κ2) is 4.79. The average Bonchev–Trinajstić information content (AvgIpc) is 3.02. The molecule has 0 aromatic carbocycles. The molecule has 1 saturated heterocycles. The number of aryl methyl sites for hydroxylation is 1. The maximum Gasteiger partial charge on any atom is 0.157 e. The summed E-state index contributed by atoms with van der Waals surface area (Å²) in [6, 6.07) is 3.87. The van der Waals surface area contributed by atoms with E-state index in [4.69, 9.17) is 0 Å². The van der Waals surface area contributed by atoms with Gasteiger partial charge >= 0.3 is 0 Å². The first kappa shape index (κ1) is 12.4. The number of aliphatic hydroxyl groups is 2. The van der Waals surface area contributed by atoms with Gasteiger partial charge in [-0.3, -0.25) is 0 Å². The van der Waals surface area contributed by atoms with E-state index < -0.39 is 0 Å². The normalized spacial score (nSPS) is 23.4. The van der Waals surface area contributed by atoms with Gasteiger partial charge in [0.2, 0.25) is 0 Å². The van der Waals surface area contributed by atoms with Crippen LogP contribution in [0.25, 0.3) is 5.65 Å². The number of nitrogens with zero attached hydrogens (tertiary/aromatic N) is 4. The second-order valence-corrected chi connectivity index (χ2v) is 5.15. The van der Waals surface area contributed by atoms with Crippen LogP contribution in [-0.2, 0) is 0 Å². The molecule has 1 aliphatic rings. The number of rotatable bonds is 3. The number of aliphatic hydroxyl groups excluding tert-OH is 2. The summed E-state index contributed by atoms with van der Waals surface area (Å²) in [5.41, 5.74) is 1.76. The van der Waals surface area contributed by atoms with Gasteiger partial charge in [0.15, 0.2) is 5.65 Å². The third kappa shape index (κ3) is 2.06. The van der Waals surface area contributed by atoms with Gasteiger partial charge in [-0.25, -0.2) is 4.98 Å². The molecule has 2 aromatic rings. The molecule has 2 N–H and O–H groups in total. The highest BCUT2D eigenvalue weighted by Crippen LogP contribution is 2.28. The van der Waals surface area contributed by atoms with Gasteiger partial charge in [0, 0.05) is 56.0 Å². The third-order valence-electron chi connectivity index (χ3n) is 3.84. The molecule has 0 radical (unpaired) electrons. The summed E-state index contributed by atoms with van der Waals surface area (Å²) in [6.07, 6.45) is 1.73. The minimum atomic E-state index is 0.105. The first-order valence-corrected chi connectivity index (χ1v) is 6.51. The van der Waals surface area contributed by atoms with Crippen molar-refractivity contribution in [2.45, 2.75) is 6.92 Å². The highest BCUT2D eigenvalue weighted by molar-refractivity contribution is 5.51. The second-order valence-electron chi connectivity index (χ2n) is 5.15. The first-order valence-electron chi connectivity index (χ1n) is 6.51. The monoisotopic (exact) mass is 262 g/mol. The lowest BCUT2D eigenvalue weighted by atomic mass is 9.98.